The smallest absolute Gasteiger partial charge is 0.254 e. The Bertz CT molecular complexity index is 1040. The number of fused-ring (bicyclic) bond motifs is 4. The van der Waals surface area contributed by atoms with Crippen LogP contribution in [0.1, 0.15) is 72.9 Å². The summed E-state index contributed by atoms with van der Waals surface area (Å²) < 4.78 is 0. The largest absolute Gasteiger partial charge is 0.508 e. The third-order valence-electron chi connectivity index (χ3n) is 8.32. The second-order valence-electron chi connectivity index (χ2n) is 9.88. The van der Waals surface area contributed by atoms with E-state index in [1.54, 1.807) is 35.2 Å². The van der Waals surface area contributed by atoms with Crippen molar-refractivity contribution in [1.82, 2.24) is 9.80 Å². The monoisotopic (exact) mass is 434 g/mol. The van der Waals surface area contributed by atoms with Crippen molar-refractivity contribution in [2.45, 2.75) is 58.9 Å². The van der Waals surface area contributed by atoms with Crippen LogP contribution < -0.4 is 0 Å². The van der Waals surface area contributed by atoms with Crippen LogP contribution in [-0.4, -0.2) is 52.4 Å². The Morgan fingerprint density at radius 3 is 2.28 bits per heavy atom. The summed E-state index contributed by atoms with van der Waals surface area (Å²) in [5.41, 5.74) is 3.14. The van der Waals surface area contributed by atoms with Gasteiger partial charge in [0.25, 0.3) is 11.8 Å². The minimum absolute atomic E-state index is 0.00784. The maximum Gasteiger partial charge on any atom is 0.254 e. The van der Waals surface area contributed by atoms with Crippen LogP contribution in [0.4, 0.5) is 0 Å². The minimum atomic E-state index is -0.139. The third kappa shape index (κ3) is 3.21. The van der Waals surface area contributed by atoms with Gasteiger partial charge in [-0.2, -0.15) is 0 Å². The van der Waals surface area contributed by atoms with Crippen LogP contribution in [0.15, 0.2) is 42.5 Å². The number of rotatable bonds is 4. The van der Waals surface area contributed by atoms with Gasteiger partial charge in [-0.05, 0) is 73.6 Å². The van der Waals surface area contributed by atoms with Crippen molar-refractivity contribution in [2.75, 3.05) is 19.6 Å². The van der Waals surface area contributed by atoms with Crippen molar-refractivity contribution in [3.8, 4) is 5.75 Å². The Morgan fingerprint density at radius 1 is 1.03 bits per heavy atom. The van der Waals surface area contributed by atoms with E-state index in [1.807, 2.05) is 24.8 Å². The molecule has 2 atom stereocenters. The molecule has 4 rings (SSSR count). The summed E-state index contributed by atoms with van der Waals surface area (Å²) >= 11 is 0. The normalized spacial score (nSPS) is 23.4. The van der Waals surface area contributed by atoms with E-state index in [2.05, 4.69) is 26.8 Å². The molecule has 2 aromatic rings. The number of hydrogen-bond donors (Lipinski definition) is 1. The van der Waals surface area contributed by atoms with Gasteiger partial charge in [0.2, 0.25) is 0 Å². The third-order valence-corrected chi connectivity index (χ3v) is 8.32. The summed E-state index contributed by atoms with van der Waals surface area (Å²) in [6.45, 7) is 12.7. The van der Waals surface area contributed by atoms with Crippen molar-refractivity contribution in [1.29, 1.82) is 0 Å². The number of hydrogen-bond acceptors (Lipinski definition) is 3. The first-order chi connectivity index (χ1) is 15.2. The number of phenolic OH excluding ortho intramolecular Hbond substituents is 1. The van der Waals surface area contributed by atoms with Crippen molar-refractivity contribution in [3.05, 3.63) is 64.7 Å². The predicted molar refractivity (Wildman–Crippen MR) is 126 cm³/mol. The lowest BCUT2D eigenvalue weighted by Gasteiger charge is -2.60. The Kier molecular flexibility index (Phi) is 5.56. The zero-order chi connectivity index (χ0) is 23.3. The van der Waals surface area contributed by atoms with Gasteiger partial charge in [-0.15, -0.1) is 0 Å². The molecule has 2 bridgehead atoms. The molecule has 32 heavy (non-hydrogen) atoms. The molecule has 1 aliphatic heterocycles. The summed E-state index contributed by atoms with van der Waals surface area (Å²) in [4.78, 5) is 30.0. The maximum atomic E-state index is 13.6. The molecule has 5 heteroatoms. The van der Waals surface area contributed by atoms with Crippen molar-refractivity contribution >= 4 is 11.8 Å². The predicted octanol–water partition coefficient (Wildman–Crippen LogP) is 4.63. The van der Waals surface area contributed by atoms with E-state index >= 15 is 0 Å². The fourth-order valence-corrected chi connectivity index (χ4v) is 5.78. The van der Waals surface area contributed by atoms with Gasteiger partial charge < -0.3 is 14.9 Å². The number of carbonyl (C=O) groups excluding carboxylic acids is 2. The lowest BCUT2D eigenvalue weighted by molar-refractivity contribution is -0.0266. The zero-order valence-corrected chi connectivity index (χ0v) is 19.8. The highest BCUT2D eigenvalue weighted by Crippen LogP contribution is 2.57. The fraction of sp³-hybridized carbons (Fsp3) is 0.481. The van der Waals surface area contributed by atoms with Gasteiger partial charge in [-0.1, -0.05) is 32.9 Å². The number of benzene rings is 2. The van der Waals surface area contributed by atoms with Crippen LogP contribution in [0.25, 0.3) is 0 Å². The first-order valence-corrected chi connectivity index (χ1v) is 11.7. The topological polar surface area (TPSA) is 60.9 Å². The molecule has 2 aromatic carbocycles. The van der Waals surface area contributed by atoms with E-state index in [1.165, 1.54) is 5.56 Å². The quantitative estimate of drug-likeness (QED) is 0.763. The molecular formula is C27H34N2O3. The van der Waals surface area contributed by atoms with E-state index in [0.717, 1.165) is 12.0 Å². The fourth-order valence-electron chi connectivity index (χ4n) is 5.78. The zero-order valence-electron chi connectivity index (χ0n) is 19.8. The summed E-state index contributed by atoms with van der Waals surface area (Å²) in [5.74, 6) is 0.303. The van der Waals surface area contributed by atoms with E-state index < -0.39 is 0 Å². The van der Waals surface area contributed by atoms with Gasteiger partial charge in [0.05, 0.1) is 0 Å². The van der Waals surface area contributed by atoms with Crippen LogP contribution in [0, 0.1) is 5.41 Å². The molecule has 0 radical (unpaired) electrons. The summed E-state index contributed by atoms with van der Waals surface area (Å²) in [7, 11) is 0. The van der Waals surface area contributed by atoms with Gasteiger partial charge in [0.15, 0.2) is 0 Å². The average molecular weight is 435 g/mol. The molecule has 0 aromatic heterocycles. The molecule has 0 unspecified atom stereocenters. The van der Waals surface area contributed by atoms with Crippen LogP contribution in [0.5, 0.6) is 5.75 Å². The first kappa shape index (κ1) is 22.4. The number of nitrogens with zero attached hydrogens (tertiary/aromatic N) is 2. The second kappa shape index (κ2) is 7.95. The van der Waals surface area contributed by atoms with Gasteiger partial charge in [-0.25, -0.2) is 0 Å². The number of piperidine rings is 1. The van der Waals surface area contributed by atoms with Crippen LogP contribution in [-0.2, 0) is 11.8 Å². The van der Waals surface area contributed by atoms with E-state index in [-0.39, 0.29) is 28.7 Å². The maximum absolute atomic E-state index is 13.6. The van der Waals surface area contributed by atoms with E-state index in [0.29, 0.717) is 42.9 Å². The SMILES string of the molecule is CCN(CC)C(=O)c1ccc(C(=O)N2CC[C@@]3(C)c4cccc(O)c4C[C@@H]2C3(C)C)cc1. The molecule has 5 nitrogen and oxygen atoms in total. The number of carbonyl (C=O) groups is 2. The Labute approximate surface area is 191 Å². The average Bonchev–Trinajstić information content (AvgIpc) is 2.77. The molecule has 1 heterocycles. The molecule has 1 fully saturated rings. The highest BCUT2D eigenvalue weighted by Gasteiger charge is 2.57. The van der Waals surface area contributed by atoms with Crippen LogP contribution in [0.3, 0.4) is 0 Å². The highest BCUT2D eigenvalue weighted by atomic mass is 16.3. The molecule has 2 aliphatic rings. The summed E-state index contributed by atoms with van der Waals surface area (Å²) in [6.07, 6.45) is 1.49. The van der Waals surface area contributed by atoms with Gasteiger partial charge in [-0.3, -0.25) is 9.59 Å². The van der Waals surface area contributed by atoms with Crippen molar-refractivity contribution in [2.24, 2.45) is 5.41 Å². The molecule has 1 N–H and O–H groups in total. The molecule has 0 saturated carbocycles. The van der Waals surface area contributed by atoms with E-state index in [9.17, 15) is 14.7 Å². The molecule has 0 spiro atoms. The van der Waals surface area contributed by atoms with Crippen molar-refractivity contribution < 1.29 is 14.7 Å². The Hall–Kier alpha value is -2.82. The van der Waals surface area contributed by atoms with Crippen LogP contribution >= 0.6 is 0 Å². The van der Waals surface area contributed by atoms with Crippen molar-refractivity contribution in [3.63, 3.8) is 0 Å². The molecule has 2 amide bonds. The van der Waals surface area contributed by atoms with E-state index in [4.69, 9.17) is 0 Å². The Morgan fingerprint density at radius 2 is 1.66 bits per heavy atom. The number of phenols is 1. The molecule has 1 aliphatic carbocycles. The number of amides is 2. The second-order valence-corrected chi connectivity index (χ2v) is 9.88. The summed E-state index contributed by atoms with van der Waals surface area (Å²) in [6, 6.07) is 12.9. The Balaban J connectivity index is 1.64. The van der Waals surface area contributed by atoms with Gasteiger partial charge >= 0.3 is 0 Å². The standard InChI is InChI=1S/C27H34N2O3/c1-6-28(7-2)24(31)18-11-13-19(14-12-18)25(32)29-16-15-27(5)21-9-8-10-22(30)20(21)17-23(29)26(27,3)4/h8-14,23,30H,6-7,15-17H2,1-5H3/t23-,27+/m1/s1. The highest BCUT2D eigenvalue weighted by molar-refractivity contribution is 5.98. The number of aromatic hydroxyl groups is 1. The molecule has 170 valence electrons. The first-order valence-electron chi connectivity index (χ1n) is 11.7. The van der Waals surface area contributed by atoms with Crippen LogP contribution in [0.2, 0.25) is 0 Å². The number of likely N-dealkylation sites (tertiary alicyclic amines) is 1. The minimum Gasteiger partial charge on any atom is -0.508 e. The lowest BCUT2D eigenvalue weighted by Crippen LogP contribution is -2.64. The molecule has 1 saturated heterocycles. The molecular weight excluding hydrogens is 400 g/mol. The lowest BCUT2D eigenvalue weighted by atomic mass is 9.51. The van der Waals surface area contributed by atoms with Gasteiger partial charge in [0.1, 0.15) is 5.75 Å². The summed E-state index contributed by atoms with van der Waals surface area (Å²) in [5, 5.41) is 10.6. The van der Waals surface area contributed by atoms with Gasteiger partial charge in [0, 0.05) is 42.2 Å².